The van der Waals surface area contributed by atoms with Gasteiger partial charge in [0.1, 0.15) is 22.6 Å². The Morgan fingerprint density at radius 2 is 1.97 bits per heavy atom. The summed E-state index contributed by atoms with van der Waals surface area (Å²) in [4.78, 5) is 30.1. The van der Waals surface area contributed by atoms with Crippen LogP contribution in [0, 0.1) is 11.2 Å². The molecule has 1 aromatic carbocycles. The minimum absolute atomic E-state index is 0.0695. The third-order valence-corrected chi connectivity index (χ3v) is 4.65. The third-order valence-electron chi connectivity index (χ3n) is 4.65. The molecule has 3 heterocycles. The Bertz CT molecular complexity index is 1360. The molecular weight excluding hydrogens is 373 g/mol. The second-order valence-electron chi connectivity index (χ2n) is 6.56. The Morgan fingerprint density at radius 1 is 1.21 bits per heavy atom. The highest BCUT2D eigenvalue weighted by Crippen LogP contribution is 2.13. The van der Waals surface area contributed by atoms with Gasteiger partial charge in [0.2, 0.25) is 0 Å². The smallest absolute Gasteiger partial charge is 0.267 e. The minimum atomic E-state index is -0.440. The van der Waals surface area contributed by atoms with Crippen molar-refractivity contribution in [3.8, 4) is 0 Å². The van der Waals surface area contributed by atoms with Crippen molar-refractivity contribution in [2.45, 2.75) is 13.5 Å². The van der Waals surface area contributed by atoms with E-state index in [0.29, 0.717) is 23.4 Å². The fourth-order valence-electron chi connectivity index (χ4n) is 3.24. The number of hydrogen-bond acceptors (Lipinski definition) is 4. The van der Waals surface area contributed by atoms with Gasteiger partial charge in [0, 0.05) is 12.7 Å². The van der Waals surface area contributed by atoms with Gasteiger partial charge >= 0.3 is 0 Å². The van der Waals surface area contributed by atoms with Gasteiger partial charge in [-0.1, -0.05) is 18.2 Å². The Labute approximate surface area is 164 Å². The highest BCUT2D eigenvalue weighted by molar-refractivity contribution is 5.96. The molecular formula is C21H18FN5O2. The fourth-order valence-corrected chi connectivity index (χ4v) is 3.24. The van der Waals surface area contributed by atoms with Crippen molar-refractivity contribution in [2.24, 2.45) is 0 Å². The number of pyridine rings is 2. The summed E-state index contributed by atoms with van der Waals surface area (Å²) < 4.78 is 16.2. The first kappa shape index (κ1) is 18.5. The molecule has 4 rings (SSSR count). The van der Waals surface area contributed by atoms with E-state index in [-0.39, 0.29) is 34.4 Å². The monoisotopic (exact) mass is 391 g/mol. The maximum absolute atomic E-state index is 13.3. The molecule has 0 aliphatic heterocycles. The molecule has 0 saturated carbocycles. The molecule has 29 heavy (non-hydrogen) atoms. The molecule has 7 nitrogen and oxygen atoms in total. The minimum Gasteiger partial charge on any atom is -0.352 e. The van der Waals surface area contributed by atoms with E-state index in [1.165, 1.54) is 27.2 Å². The van der Waals surface area contributed by atoms with E-state index < -0.39 is 5.91 Å². The van der Waals surface area contributed by atoms with Crippen LogP contribution < -0.4 is 16.4 Å². The summed E-state index contributed by atoms with van der Waals surface area (Å²) >= 11 is 0. The van der Waals surface area contributed by atoms with Gasteiger partial charge in [0.15, 0.2) is 0 Å². The molecule has 0 atom stereocenters. The number of rotatable bonds is 4. The van der Waals surface area contributed by atoms with E-state index in [4.69, 9.17) is 5.41 Å². The lowest BCUT2D eigenvalue weighted by atomic mass is 10.1. The van der Waals surface area contributed by atoms with Gasteiger partial charge < -0.3 is 9.88 Å². The van der Waals surface area contributed by atoms with Gasteiger partial charge in [-0.3, -0.25) is 19.4 Å². The number of nitrogens with zero attached hydrogens (tertiary/aromatic N) is 3. The summed E-state index contributed by atoms with van der Waals surface area (Å²) in [5, 5.41) is 11.5. The lowest BCUT2D eigenvalue weighted by molar-refractivity contribution is 0.0953. The summed E-state index contributed by atoms with van der Waals surface area (Å²) in [5.74, 6) is -0.807. The van der Waals surface area contributed by atoms with Crippen LogP contribution in [0.4, 0.5) is 4.39 Å². The normalized spacial score (nSPS) is 11.1. The molecule has 0 saturated heterocycles. The van der Waals surface area contributed by atoms with Crippen LogP contribution in [0.25, 0.3) is 16.7 Å². The van der Waals surface area contributed by atoms with E-state index in [9.17, 15) is 14.0 Å². The van der Waals surface area contributed by atoms with E-state index in [1.54, 1.807) is 43.5 Å². The maximum Gasteiger partial charge on any atom is 0.267 e. The van der Waals surface area contributed by atoms with Crippen LogP contribution in [-0.4, -0.2) is 26.4 Å². The predicted octanol–water partition coefficient (Wildman–Crippen LogP) is 2.07. The second-order valence-corrected chi connectivity index (χ2v) is 6.56. The topological polar surface area (TPSA) is 92.2 Å². The van der Waals surface area contributed by atoms with Crippen molar-refractivity contribution < 1.29 is 9.18 Å². The molecule has 3 aromatic heterocycles. The number of halogens is 1. The van der Waals surface area contributed by atoms with Gasteiger partial charge in [-0.15, -0.1) is 0 Å². The fraction of sp³-hybridized carbons (Fsp3) is 0.143. The standard InChI is InChI=1S/C21H18FN5O2/c1-2-24-20(28)15-11-16-19(25-17-5-3-4-10-26(17)21(16)29)27(18(15)23)12-13-6-8-14(22)9-7-13/h3-11,23H,2,12H2,1H3,(H,24,28). The molecule has 0 spiro atoms. The summed E-state index contributed by atoms with van der Waals surface area (Å²) in [6, 6.07) is 12.4. The van der Waals surface area contributed by atoms with E-state index >= 15 is 0 Å². The highest BCUT2D eigenvalue weighted by atomic mass is 19.1. The number of benzene rings is 1. The van der Waals surface area contributed by atoms with Crippen LogP contribution in [0.15, 0.2) is 59.5 Å². The number of amides is 1. The van der Waals surface area contributed by atoms with Crippen molar-refractivity contribution in [2.75, 3.05) is 6.54 Å². The van der Waals surface area contributed by atoms with Crippen LogP contribution in [-0.2, 0) is 6.54 Å². The first-order valence-electron chi connectivity index (χ1n) is 9.11. The van der Waals surface area contributed by atoms with Crippen LogP contribution in [0.3, 0.4) is 0 Å². The Morgan fingerprint density at radius 3 is 2.69 bits per heavy atom. The van der Waals surface area contributed by atoms with E-state index in [1.807, 2.05) is 0 Å². The van der Waals surface area contributed by atoms with Gasteiger partial charge in [0.05, 0.1) is 17.5 Å². The zero-order valence-electron chi connectivity index (χ0n) is 15.6. The van der Waals surface area contributed by atoms with Crippen molar-refractivity contribution in [1.82, 2.24) is 19.3 Å². The second kappa shape index (κ2) is 7.31. The van der Waals surface area contributed by atoms with Gasteiger partial charge in [-0.05, 0) is 42.8 Å². The van der Waals surface area contributed by atoms with Crippen LogP contribution >= 0.6 is 0 Å². The number of carbonyl (C=O) groups excluding carboxylic acids is 1. The highest BCUT2D eigenvalue weighted by Gasteiger charge is 2.17. The van der Waals surface area contributed by atoms with Gasteiger partial charge in [0.25, 0.3) is 11.5 Å². The summed E-state index contributed by atoms with van der Waals surface area (Å²) in [5.41, 5.74) is 1.13. The number of aromatic nitrogens is 3. The summed E-state index contributed by atoms with van der Waals surface area (Å²) in [6.07, 6.45) is 1.61. The largest absolute Gasteiger partial charge is 0.352 e. The Hall–Kier alpha value is -3.81. The number of nitrogens with one attached hydrogen (secondary N) is 2. The van der Waals surface area contributed by atoms with Crippen LogP contribution in [0.5, 0.6) is 0 Å². The first-order chi connectivity index (χ1) is 14.0. The van der Waals surface area contributed by atoms with Gasteiger partial charge in [-0.2, -0.15) is 0 Å². The number of carbonyl (C=O) groups is 1. The molecule has 0 unspecified atom stereocenters. The molecule has 0 aliphatic rings. The summed E-state index contributed by atoms with van der Waals surface area (Å²) in [7, 11) is 0. The summed E-state index contributed by atoms with van der Waals surface area (Å²) in [6.45, 7) is 2.33. The SMILES string of the molecule is CCNC(=O)c1cc2c(=O)n3ccccc3nc2n(Cc2ccc(F)cc2)c1=N. The zero-order chi connectivity index (χ0) is 20.5. The Balaban J connectivity index is 2.05. The lowest BCUT2D eigenvalue weighted by Crippen LogP contribution is -2.35. The molecule has 8 heteroatoms. The molecule has 0 fully saturated rings. The molecule has 0 radical (unpaired) electrons. The lowest BCUT2D eigenvalue weighted by Gasteiger charge is -2.14. The van der Waals surface area contributed by atoms with Gasteiger partial charge in [-0.25, -0.2) is 9.37 Å². The quantitative estimate of drug-likeness (QED) is 0.522. The first-order valence-corrected chi connectivity index (χ1v) is 9.11. The molecule has 146 valence electrons. The van der Waals surface area contributed by atoms with E-state index in [2.05, 4.69) is 10.3 Å². The maximum atomic E-state index is 13.3. The van der Waals surface area contributed by atoms with Crippen LogP contribution in [0.2, 0.25) is 0 Å². The number of fused-ring (bicyclic) bond motifs is 2. The molecule has 0 aliphatic carbocycles. The van der Waals surface area contributed by atoms with Crippen LogP contribution in [0.1, 0.15) is 22.8 Å². The van der Waals surface area contributed by atoms with Crippen molar-refractivity contribution in [3.05, 3.63) is 87.5 Å². The van der Waals surface area contributed by atoms with Crippen molar-refractivity contribution in [3.63, 3.8) is 0 Å². The number of hydrogen-bond donors (Lipinski definition) is 2. The van der Waals surface area contributed by atoms with E-state index in [0.717, 1.165) is 0 Å². The molecule has 1 amide bonds. The Kier molecular flexibility index (Phi) is 4.67. The van der Waals surface area contributed by atoms with Crippen molar-refractivity contribution in [1.29, 1.82) is 5.41 Å². The molecule has 2 N–H and O–H groups in total. The molecule has 4 aromatic rings. The molecule has 0 bridgehead atoms. The third kappa shape index (κ3) is 3.29. The predicted molar refractivity (Wildman–Crippen MR) is 106 cm³/mol. The average Bonchev–Trinajstić information content (AvgIpc) is 2.72. The average molecular weight is 391 g/mol. The van der Waals surface area contributed by atoms with Crippen molar-refractivity contribution >= 4 is 22.6 Å². The zero-order valence-corrected chi connectivity index (χ0v) is 15.6.